The van der Waals surface area contributed by atoms with E-state index in [9.17, 15) is 0 Å². The Bertz CT molecular complexity index is 260. The molecule has 9 aliphatic rings. The van der Waals surface area contributed by atoms with Gasteiger partial charge in [-0.1, -0.05) is 0 Å². The van der Waals surface area contributed by atoms with Crippen molar-refractivity contribution in [3.8, 4) is 0 Å². The van der Waals surface area contributed by atoms with Gasteiger partial charge in [0.2, 0.25) is 0 Å². The second-order valence-electron chi connectivity index (χ2n) is 6.96. The van der Waals surface area contributed by atoms with E-state index >= 15 is 0 Å². The van der Waals surface area contributed by atoms with Gasteiger partial charge in [0.25, 0.3) is 0 Å². The lowest BCUT2D eigenvalue weighted by atomic mass is 9.32. The lowest BCUT2D eigenvalue weighted by Crippen LogP contribution is -2.66. The van der Waals surface area contributed by atoms with Crippen LogP contribution in [0.15, 0.2) is 0 Å². The van der Waals surface area contributed by atoms with Crippen molar-refractivity contribution in [3.63, 3.8) is 0 Å². The molecule has 0 nitrogen and oxygen atoms in total. The summed E-state index contributed by atoms with van der Waals surface area (Å²) in [6.45, 7) is 0. The normalized spacial score (nSPS) is 72.0. The van der Waals surface area contributed by atoms with Gasteiger partial charge in [-0.05, 0) is 85.9 Å². The van der Waals surface area contributed by atoms with Crippen molar-refractivity contribution in [1.29, 1.82) is 0 Å². The molecule has 0 aromatic rings. The van der Waals surface area contributed by atoms with Gasteiger partial charge >= 0.3 is 0 Å². The lowest BCUT2D eigenvalue weighted by molar-refractivity contribution is -0.239. The van der Waals surface area contributed by atoms with Crippen LogP contribution in [0.4, 0.5) is 0 Å². The molecular formula is C14H20. The first-order valence-electron chi connectivity index (χ1n) is 6.93. The molecule has 0 aliphatic heterocycles. The van der Waals surface area contributed by atoms with Gasteiger partial charge in [-0.15, -0.1) is 0 Å². The molecule has 9 fully saturated rings. The highest BCUT2D eigenvalue weighted by Gasteiger charge is 2.66. The van der Waals surface area contributed by atoms with E-state index in [1.807, 2.05) is 0 Å². The maximum Gasteiger partial charge on any atom is -0.0321 e. The fourth-order valence-corrected chi connectivity index (χ4v) is 7.06. The van der Waals surface area contributed by atoms with Gasteiger partial charge < -0.3 is 0 Å². The average molecular weight is 188 g/mol. The van der Waals surface area contributed by atoms with Crippen LogP contribution in [-0.2, 0) is 0 Å². The quantitative estimate of drug-likeness (QED) is 0.547. The Morgan fingerprint density at radius 2 is 1.00 bits per heavy atom. The molecule has 14 heavy (non-hydrogen) atoms. The maximum atomic E-state index is 1.67. The summed E-state index contributed by atoms with van der Waals surface area (Å²) in [6.07, 6.45) is 9.85. The van der Waals surface area contributed by atoms with Crippen LogP contribution in [0.5, 0.6) is 0 Å². The summed E-state index contributed by atoms with van der Waals surface area (Å²) in [4.78, 5) is 0. The molecule has 9 saturated carbocycles. The van der Waals surface area contributed by atoms with E-state index in [0.717, 1.165) is 0 Å². The smallest absolute Gasteiger partial charge is 0.0321 e. The molecule has 8 atom stereocenters. The highest BCUT2D eigenvalue weighted by atomic mass is 14.7. The summed E-state index contributed by atoms with van der Waals surface area (Å²) in [6, 6.07) is 0. The largest absolute Gasteiger partial charge is 0.0499 e. The van der Waals surface area contributed by atoms with Crippen molar-refractivity contribution < 1.29 is 0 Å². The molecule has 0 spiro atoms. The predicted molar refractivity (Wildman–Crippen MR) is 55.6 cm³/mol. The molecule has 9 aliphatic carbocycles. The van der Waals surface area contributed by atoms with Crippen LogP contribution in [0.25, 0.3) is 0 Å². The molecule has 0 radical (unpaired) electrons. The van der Waals surface area contributed by atoms with Crippen LogP contribution in [-0.4, -0.2) is 0 Å². The second-order valence-corrected chi connectivity index (χ2v) is 6.96. The molecule has 0 aromatic heterocycles. The Balaban J connectivity index is 1.73. The summed E-state index contributed by atoms with van der Waals surface area (Å²) in [5, 5.41) is 0. The van der Waals surface area contributed by atoms with Gasteiger partial charge in [0.05, 0.1) is 0 Å². The minimum absolute atomic E-state index is 1.21. The first-order valence-corrected chi connectivity index (χ1v) is 6.93. The Labute approximate surface area is 86.5 Å². The highest BCUT2D eigenvalue weighted by Crippen LogP contribution is 2.73. The van der Waals surface area contributed by atoms with E-state index in [-0.39, 0.29) is 0 Å². The fourth-order valence-electron chi connectivity index (χ4n) is 7.06. The standard InChI is InChI=1S/C14H20/c1-3-9-11-5-7(1)13-10-4-2-8(14(9)13)6-12(10)11/h7-14H,1-6H2. The number of hydrogen-bond acceptors (Lipinski definition) is 0. The van der Waals surface area contributed by atoms with Gasteiger partial charge in [-0.2, -0.15) is 0 Å². The Kier molecular flexibility index (Phi) is 1.08. The topological polar surface area (TPSA) is 0 Å². The van der Waals surface area contributed by atoms with E-state index in [2.05, 4.69) is 0 Å². The molecule has 0 saturated heterocycles. The van der Waals surface area contributed by atoms with E-state index < -0.39 is 0 Å². The number of rotatable bonds is 0. The van der Waals surface area contributed by atoms with Crippen molar-refractivity contribution in [1.82, 2.24) is 0 Å². The minimum atomic E-state index is 1.21. The van der Waals surface area contributed by atoms with Crippen molar-refractivity contribution in [3.05, 3.63) is 0 Å². The maximum absolute atomic E-state index is 1.67. The van der Waals surface area contributed by atoms with Crippen LogP contribution < -0.4 is 0 Å². The molecule has 0 heterocycles. The molecule has 0 N–H and O–H groups in total. The van der Waals surface area contributed by atoms with Crippen LogP contribution in [0.2, 0.25) is 0 Å². The Morgan fingerprint density at radius 1 is 0.500 bits per heavy atom. The van der Waals surface area contributed by atoms with E-state index in [0.29, 0.717) is 0 Å². The Hall–Kier alpha value is 0. The Morgan fingerprint density at radius 3 is 1.50 bits per heavy atom. The van der Waals surface area contributed by atoms with Gasteiger partial charge in [-0.3, -0.25) is 0 Å². The number of hydrogen-bond donors (Lipinski definition) is 0. The molecule has 76 valence electrons. The molecule has 0 aromatic carbocycles. The van der Waals surface area contributed by atoms with E-state index in [4.69, 9.17) is 0 Å². The fraction of sp³-hybridized carbons (Fsp3) is 1.00. The third-order valence-corrected chi connectivity index (χ3v) is 7.06. The van der Waals surface area contributed by atoms with Gasteiger partial charge in [0.15, 0.2) is 0 Å². The van der Waals surface area contributed by atoms with Crippen LogP contribution in [0, 0.1) is 47.3 Å². The van der Waals surface area contributed by atoms with Crippen LogP contribution >= 0.6 is 0 Å². The molecular weight excluding hydrogens is 168 g/mol. The summed E-state index contributed by atoms with van der Waals surface area (Å²) in [5.74, 6) is 9.82. The first kappa shape index (κ1) is 7.30. The third kappa shape index (κ3) is 0.581. The second kappa shape index (κ2) is 2.08. The van der Waals surface area contributed by atoms with Crippen molar-refractivity contribution in [2.75, 3.05) is 0 Å². The van der Waals surface area contributed by atoms with E-state index in [1.54, 1.807) is 38.5 Å². The highest BCUT2D eigenvalue weighted by molar-refractivity contribution is 5.15. The molecule has 9 rings (SSSR count). The average Bonchev–Trinajstić information content (AvgIpc) is 2.30. The molecule has 0 amide bonds. The molecule has 8 unspecified atom stereocenters. The summed E-state index contributed by atoms with van der Waals surface area (Å²) in [7, 11) is 0. The zero-order chi connectivity index (χ0) is 8.86. The van der Waals surface area contributed by atoms with Gasteiger partial charge in [-0.25, -0.2) is 0 Å². The zero-order valence-electron chi connectivity index (χ0n) is 8.86. The lowest BCUT2D eigenvalue weighted by Gasteiger charge is -2.72. The number of fused-ring (bicyclic) bond motifs is 2. The van der Waals surface area contributed by atoms with Gasteiger partial charge in [0.1, 0.15) is 0 Å². The van der Waals surface area contributed by atoms with Gasteiger partial charge in [0, 0.05) is 0 Å². The van der Waals surface area contributed by atoms with Crippen molar-refractivity contribution in [2.24, 2.45) is 47.3 Å². The third-order valence-electron chi connectivity index (χ3n) is 7.06. The van der Waals surface area contributed by atoms with Crippen LogP contribution in [0.1, 0.15) is 38.5 Å². The molecule has 8 bridgehead atoms. The van der Waals surface area contributed by atoms with Crippen LogP contribution in [0.3, 0.4) is 0 Å². The monoisotopic (exact) mass is 188 g/mol. The SMILES string of the molecule is C1CC2C3CC1C1C4CCC(CC34)C21. The van der Waals surface area contributed by atoms with E-state index in [1.165, 1.54) is 47.3 Å². The summed E-state index contributed by atoms with van der Waals surface area (Å²) >= 11 is 0. The van der Waals surface area contributed by atoms with Crippen molar-refractivity contribution >= 4 is 0 Å². The minimum Gasteiger partial charge on any atom is -0.0499 e. The zero-order valence-corrected chi connectivity index (χ0v) is 8.86. The summed E-state index contributed by atoms with van der Waals surface area (Å²) in [5.41, 5.74) is 0. The predicted octanol–water partition coefficient (Wildman–Crippen LogP) is 3.32. The molecule has 0 heteroatoms. The summed E-state index contributed by atoms with van der Waals surface area (Å²) < 4.78 is 0. The first-order chi connectivity index (χ1) is 6.93. The van der Waals surface area contributed by atoms with Crippen molar-refractivity contribution in [2.45, 2.75) is 38.5 Å².